The van der Waals surface area contributed by atoms with Crippen LogP contribution in [0.15, 0.2) is 47.4 Å². The normalized spacial score (nSPS) is 11.0. The molecule has 2 rings (SSSR count). The van der Waals surface area contributed by atoms with Crippen LogP contribution in [0.1, 0.15) is 22.8 Å². The number of anilines is 1. The summed E-state index contributed by atoms with van der Waals surface area (Å²) in [6.07, 6.45) is 0. The highest BCUT2D eigenvalue weighted by Crippen LogP contribution is 2.24. The Morgan fingerprint density at radius 3 is 2.50 bits per heavy atom. The van der Waals surface area contributed by atoms with Gasteiger partial charge in [-0.3, -0.25) is 4.72 Å². The van der Waals surface area contributed by atoms with Crippen molar-refractivity contribution in [2.24, 2.45) is 0 Å². The Hall–Kier alpha value is -2.54. The molecule has 0 aliphatic heterocycles. The highest BCUT2D eigenvalue weighted by atomic mass is 32.2. The second-order valence-electron chi connectivity index (χ2n) is 5.00. The van der Waals surface area contributed by atoms with Crippen LogP contribution in [0.5, 0.6) is 5.75 Å². The number of para-hydroxylation sites is 1. The number of sulfonamides is 1. The third-order valence-corrected chi connectivity index (χ3v) is 4.71. The summed E-state index contributed by atoms with van der Waals surface area (Å²) in [6.45, 7) is 3.65. The molecule has 0 saturated heterocycles. The van der Waals surface area contributed by atoms with E-state index in [1.165, 1.54) is 31.4 Å². The number of carbonyl (C=O) groups is 1. The average molecular weight is 349 g/mol. The van der Waals surface area contributed by atoms with E-state index in [-0.39, 0.29) is 22.8 Å². The molecule has 0 saturated carbocycles. The Balaban J connectivity index is 2.36. The fourth-order valence-electron chi connectivity index (χ4n) is 2.18. The fourth-order valence-corrected chi connectivity index (χ4v) is 3.35. The van der Waals surface area contributed by atoms with Crippen molar-refractivity contribution < 1.29 is 22.7 Å². The van der Waals surface area contributed by atoms with Gasteiger partial charge in [-0.25, -0.2) is 13.2 Å². The third-order valence-electron chi connectivity index (χ3n) is 3.34. The summed E-state index contributed by atoms with van der Waals surface area (Å²) in [5.74, 6) is 0.0163. The summed E-state index contributed by atoms with van der Waals surface area (Å²) in [5.41, 5.74) is 1.02. The number of carbonyl (C=O) groups excluding carboxylic acids is 1. The minimum absolute atomic E-state index is 0.0828. The van der Waals surface area contributed by atoms with E-state index in [2.05, 4.69) is 4.72 Å². The van der Waals surface area contributed by atoms with Crippen molar-refractivity contribution in [3.05, 3.63) is 53.6 Å². The number of benzene rings is 2. The molecule has 0 atom stereocenters. The van der Waals surface area contributed by atoms with E-state index in [1.54, 1.807) is 32.0 Å². The lowest BCUT2D eigenvalue weighted by atomic mass is 10.2. The van der Waals surface area contributed by atoms with Crippen molar-refractivity contribution in [2.75, 3.05) is 18.4 Å². The maximum atomic E-state index is 12.6. The Morgan fingerprint density at radius 2 is 1.88 bits per heavy atom. The molecule has 0 amide bonds. The first-order chi connectivity index (χ1) is 11.4. The molecule has 0 aliphatic rings. The molecule has 0 aliphatic carbocycles. The van der Waals surface area contributed by atoms with Gasteiger partial charge >= 0.3 is 5.97 Å². The molecule has 0 fully saturated rings. The van der Waals surface area contributed by atoms with Gasteiger partial charge in [0.05, 0.1) is 29.9 Å². The summed E-state index contributed by atoms with van der Waals surface area (Å²) in [6, 6.07) is 10.8. The van der Waals surface area contributed by atoms with Gasteiger partial charge < -0.3 is 9.47 Å². The maximum absolute atomic E-state index is 12.6. The number of hydrogen-bond acceptors (Lipinski definition) is 5. The van der Waals surface area contributed by atoms with E-state index >= 15 is 0 Å². The first-order valence-corrected chi connectivity index (χ1v) is 8.81. The number of aryl methyl sites for hydroxylation is 1. The molecule has 0 heterocycles. The molecule has 2 aromatic carbocycles. The van der Waals surface area contributed by atoms with Crippen LogP contribution < -0.4 is 9.46 Å². The Kier molecular flexibility index (Phi) is 5.46. The molecular weight excluding hydrogens is 330 g/mol. The molecule has 24 heavy (non-hydrogen) atoms. The van der Waals surface area contributed by atoms with Crippen molar-refractivity contribution in [3.63, 3.8) is 0 Å². The molecule has 6 nitrogen and oxygen atoms in total. The average Bonchev–Trinajstić information content (AvgIpc) is 2.55. The molecule has 0 aromatic heterocycles. The minimum Gasteiger partial charge on any atom is -0.496 e. The zero-order chi connectivity index (χ0) is 17.7. The van der Waals surface area contributed by atoms with Gasteiger partial charge in [-0.1, -0.05) is 12.1 Å². The second-order valence-corrected chi connectivity index (χ2v) is 6.69. The quantitative estimate of drug-likeness (QED) is 0.811. The standard InChI is InChI=1S/C17H19NO5S/c1-4-23-17(19)14-7-5-6-8-15(14)18-24(20,21)13-9-10-16(22-3)12(2)11-13/h5-11,18H,4H2,1-3H3. The second kappa shape index (κ2) is 7.35. The first-order valence-electron chi connectivity index (χ1n) is 7.32. The van der Waals surface area contributed by atoms with E-state index in [9.17, 15) is 13.2 Å². The fraction of sp³-hybridized carbons (Fsp3) is 0.235. The minimum atomic E-state index is -3.85. The summed E-state index contributed by atoms with van der Waals surface area (Å²) in [5, 5.41) is 0. The zero-order valence-corrected chi connectivity index (χ0v) is 14.5. The van der Waals surface area contributed by atoms with E-state index < -0.39 is 16.0 Å². The molecule has 1 N–H and O–H groups in total. The van der Waals surface area contributed by atoms with Gasteiger partial charge in [0.15, 0.2) is 0 Å². The number of ether oxygens (including phenoxy) is 2. The van der Waals surface area contributed by atoms with Crippen LogP contribution in [0, 0.1) is 6.92 Å². The molecule has 0 radical (unpaired) electrons. The van der Waals surface area contributed by atoms with Gasteiger partial charge in [0.25, 0.3) is 10.0 Å². The largest absolute Gasteiger partial charge is 0.496 e. The number of nitrogens with one attached hydrogen (secondary N) is 1. The number of methoxy groups -OCH3 is 1. The van der Waals surface area contributed by atoms with Gasteiger partial charge in [-0.15, -0.1) is 0 Å². The lowest BCUT2D eigenvalue weighted by molar-refractivity contribution is 0.0527. The van der Waals surface area contributed by atoms with Crippen molar-refractivity contribution in [2.45, 2.75) is 18.7 Å². The lowest BCUT2D eigenvalue weighted by Crippen LogP contribution is -2.16. The molecule has 128 valence electrons. The van der Waals surface area contributed by atoms with E-state index in [1.807, 2.05) is 0 Å². The Bertz CT molecular complexity index is 846. The molecule has 0 bridgehead atoms. The zero-order valence-electron chi connectivity index (χ0n) is 13.7. The first kappa shape index (κ1) is 17.8. The van der Waals surface area contributed by atoms with Crippen LogP contribution in [0.2, 0.25) is 0 Å². The van der Waals surface area contributed by atoms with E-state index in [4.69, 9.17) is 9.47 Å². The van der Waals surface area contributed by atoms with Crippen molar-refractivity contribution in [3.8, 4) is 5.75 Å². The van der Waals surface area contributed by atoms with Gasteiger partial charge in [0, 0.05) is 0 Å². The monoisotopic (exact) mass is 349 g/mol. The predicted octanol–water partition coefficient (Wildman–Crippen LogP) is 2.98. The van der Waals surface area contributed by atoms with Crippen molar-refractivity contribution >= 4 is 21.7 Å². The van der Waals surface area contributed by atoms with Crippen LogP contribution in [-0.4, -0.2) is 28.1 Å². The smallest absolute Gasteiger partial charge is 0.340 e. The molecule has 2 aromatic rings. The SMILES string of the molecule is CCOC(=O)c1ccccc1NS(=O)(=O)c1ccc(OC)c(C)c1. The summed E-state index contributed by atoms with van der Waals surface area (Å²) < 4.78 is 37.7. The Labute approximate surface area is 141 Å². The molecule has 7 heteroatoms. The van der Waals surface area contributed by atoms with Gasteiger partial charge in [-0.2, -0.15) is 0 Å². The van der Waals surface area contributed by atoms with Crippen LogP contribution in [0.3, 0.4) is 0 Å². The van der Waals surface area contributed by atoms with E-state index in [0.29, 0.717) is 11.3 Å². The van der Waals surface area contributed by atoms with Crippen LogP contribution in [0.25, 0.3) is 0 Å². The van der Waals surface area contributed by atoms with Gasteiger partial charge in [0.1, 0.15) is 5.75 Å². The number of esters is 1. The predicted molar refractivity (Wildman–Crippen MR) is 90.9 cm³/mol. The topological polar surface area (TPSA) is 81.7 Å². The van der Waals surface area contributed by atoms with Crippen LogP contribution in [0.4, 0.5) is 5.69 Å². The summed E-state index contributed by atoms with van der Waals surface area (Å²) in [7, 11) is -2.33. The van der Waals surface area contributed by atoms with Crippen molar-refractivity contribution in [1.29, 1.82) is 0 Å². The number of rotatable bonds is 6. The summed E-state index contributed by atoms with van der Waals surface area (Å²) in [4.78, 5) is 12.0. The van der Waals surface area contributed by atoms with Gasteiger partial charge in [-0.05, 0) is 49.7 Å². The maximum Gasteiger partial charge on any atom is 0.340 e. The van der Waals surface area contributed by atoms with Crippen molar-refractivity contribution in [1.82, 2.24) is 0 Å². The molecular formula is C17H19NO5S. The molecule has 0 spiro atoms. The Morgan fingerprint density at radius 1 is 1.17 bits per heavy atom. The van der Waals surface area contributed by atoms with Gasteiger partial charge in [0.2, 0.25) is 0 Å². The number of hydrogen-bond donors (Lipinski definition) is 1. The highest BCUT2D eigenvalue weighted by Gasteiger charge is 2.19. The van der Waals surface area contributed by atoms with Crippen LogP contribution in [-0.2, 0) is 14.8 Å². The van der Waals surface area contributed by atoms with E-state index in [0.717, 1.165) is 0 Å². The lowest BCUT2D eigenvalue weighted by Gasteiger charge is -2.13. The highest BCUT2D eigenvalue weighted by molar-refractivity contribution is 7.92. The summed E-state index contributed by atoms with van der Waals surface area (Å²) >= 11 is 0. The molecule has 0 unspecified atom stereocenters. The third kappa shape index (κ3) is 3.86. The van der Waals surface area contributed by atoms with Crippen LogP contribution >= 0.6 is 0 Å².